The third kappa shape index (κ3) is 5.61. The molecule has 0 saturated heterocycles. The average molecular weight is 298 g/mol. The van der Waals surface area contributed by atoms with E-state index >= 15 is 0 Å². The van der Waals surface area contributed by atoms with Crippen LogP contribution in [0, 0.1) is 0 Å². The number of benzene rings is 1. The first-order chi connectivity index (χ1) is 9.33. The number of amides is 1. The fourth-order valence-electron chi connectivity index (χ4n) is 1.55. The predicted octanol–water partition coefficient (Wildman–Crippen LogP) is 3.63. The highest BCUT2D eigenvalue weighted by atomic mass is 35.5. The number of carbonyl (C=O) groups is 2. The first-order valence-electron chi connectivity index (χ1n) is 6.46. The van der Waals surface area contributed by atoms with E-state index in [0.717, 1.165) is 0 Å². The number of para-hydroxylation sites is 1. The predicted molar refractivity (Wildman–Crippen MR) is 80.4 cm³/mol. The van der Waals surface area contributed by atoms with Crippen LogP contribution < -0.4 is 4.90 Å². The summed E-state index contributed by atoms with van der Waals surface area (Å²) in [6, 6.07) is 9.12. The Morgan fingerprint density at radius 2 is 1.80 bits per heavy atom. The second-order valence-corrected chi connectivity index (χ2v) is 5.66. The monoisotopic (exact) mass is 297 g/mol. The number of ether oxygens (including phenoxy) is 1. The molecule has 0 saturated carbocycles. The molecule has 0 aliphatic carbocycles. The van der Waals surface area contributed by atoms with Gasteiger partial charge in [0.05, 0.1) is 5.88 Å². The number of alkyl halides is 1. The molecule has 4 nitrogen and oxygen atoms in total. The van der Waals surface area contributed by atoms with Crippen LogP contribution in [-0.4, -0.2) is 29.9 Å². The Kier molecular flexibility index (Phi) is 6.02. The molecule has 0 fully saturated rings. The van der Waals surface area contributed by atoms with Gasteiger partial charge < -0.3 is 4.74 Å². The minimum atomic E-state index is -0.583. The van der Waals surface area contributed by atoms with E-state index in [2.05, 4.69) is 0 Å². The van der Waals surface area contributed by atoms with E-state index in [1.54, 1.807) is 32.9 Å². The van der Waals surface area contributed by atoms with E-state index in [9.17, 15) is 9.59 Å². The molecule has 0 radical (unpaired) electrons. The Morgan fingerprint density at radius 3 is 2.30 bits per heavy atom. The topological polar surface area (TPSA) is 46.6 Å². The molecule has 1 amide bonds. The maximum absolute atomic E-state index is 12.2. The highest BCUT2D eigenvalue weighted by Crippen LogP contribution is 2.18. The molecular weight excluding hydrogens is 278 g/mol. The van der Waals surface area contributed by atoms with Gasteiger partial charge in [-0.05, 0) is 32.9 Å². The van der Waals surface area contributed by atoms with Gasteiger partial charge in [0.2, 0.25) is 0 Å². The van der Waals surface area contributed by atoms with Crippen molar-refractivity contribution >= 4 is 29.2 Å². The fourth-order valence-corrected chi connectivity index (χ4v) is 1.69. The van der Waals surface area contributed by atoms with Gasteiger partial charge in [0.1, 0.15) is 11.4 Å². The Labute approximate surface area is 124 Å². The van der Waals surface area contributed by atoms with E-state index in [1.165, 1.54) is 4.90 Å². The van der Waals surface area contributed by atoms with Crippen molar-refractivity contribution in [3.63, 3.8) is 0 Å². The Hall–Kier alpha value is -1.55. The van der Waals surface area contributed by atoms with E-state index in [0.29, 0.717) is 5.69 Å². The second-order valence-electron chi connectivity index (χ2n) is 5.39. The van der Waals surface area contributed by atoms with Crippen LogP contribution in [0.4, 0.5) is 10.5 Å². The SMILES string of the molecule is CC(C)(C)OC(=O)N(CCC(=O)CCl)c1ccccc1. The van der Waals surface area contributed by atoms with Crippen LogP contribution in [0.2, 0.25) is 0 Å². The molecule has 0 aliphatic heterocycles. The second kappa shape index (κ2) is 7.29. The van der Waals surface area contributed by atoms with Crippen molar-refractivity contribution in [2.45, 2.75) is 32.8 Å². The van der Waals surface area contributed by atoms with Crippen molar-refractivity contribution in [1.82, 2.24) is 0 Å². The van der Waals surface area contributed by atoms with Crippen molar-refractivity contribution < 1.29 is 14.3 Å². The molecule has 0 aliphatic rings. The molecule has 110 valence electrons. The van der Waals surface area contributed by atoms with Gasteiger partial charge in [-0.2, -0.15) is 0 Å². The van der Waals surface area contributed by atoms with Crippen molar-refractivity contribution in [2.24, 2.45) is 0 Å². The van der Waals surface area contributed by atoms with Crippen LogP contribution in [0.25, 0.3) is 0 Å². The first kappa shape index (κ1) is 16.5. The highest BCUT2D eigenvalue weighted by molar-refractivity contribution is 6.27. The smallest absolute Gasteiger partial charge is 0.414 e. The van der Waals surface area contributed by atoms with Crippen LogP contribution in [0.3, 0.4) is 0 Å². The number of hydrogen-bond acceptors (Lipinski definition) is 3. The Bertz CT molecular complexity index is 454. The summed E-state index contributed by atoms with van der Waals surface area (Å²) >= 11 is 5.48. The number of hydrogen-bond donors (Lipinski definition) is 0. The summed E-state index contributed by atoms with van der Waals surface area (Å²) in [5.74, 6) is -0.145. The molecule has 0 spiro atoms. The van der Waals surface area contributed by atoms with E-state index in [1.807, 2.05) is 18.2 Å². The first-order valence-corrected chi connectivity index (χ1v) is 7.00. The number of rotatable bonds is 5. The number of Topliss-reactive ketones (excluding diaryl/α,β-unsaturated/α-hetero) is 1. The van der Waals surface area contributed by atoms with Gasteiger partial charge in [-0.25, -0.2) is 4.79 Å². The minimum absolute atomic E-state index is 0.0447. The summed E-state index contributed by atoms with van der Waals surface area (Å²) in [5.41, 5.74) is 0.116. The molecule has 0 N–H and O–H groups in total. The fraction of sp³-hybridized carbons (Fsp3) is 0.467. The van der Waals surface area contributed by atoms with Gasteiger partial charge in [0, 0.05) is 18.7 Å². The van der Waals surface area contributed by atoms with Crippen LogP contribution in [-0.2, 0) is 9.53 Å². The van der Waals surface area contributed by atoms with Crippen molar-refractivity contribution in [3.8, 4) is 0 Å². The largest absolute Gasteiger partial charge is 0.443 e. The van der Waals surface area contributed by atoms with Gasteiger partial charge in [0.15, 0.2) is 0 Å². The lowest BCUT2D eigenvalue weighted by Gasteiger charge is -2.27. The highest BCUT2D eigenvalue weighted by Gasteiger charge is 2.23. The number of halogens is 1. The summed E-state index contributed by atoms with van der Waals surface area (Å²) in [7, 11) is 0. The molecule has 1 aromatic rings. The van der Waals surface area contributed by atoms with E-state index in [4.69, 9.17) is 16.3 Å². The maximum Gasteiger partial charge on any atom is 0.414 e. The minimum Gasteiger partial charge on any atom is -0.443 e. The zero-order valence-corrected chi connectivity index (χ0v) is 12.8. The standard InChI is InChI=1S/C15H20ClNO3/c1-15(2,3)20-14(19)17(10-9-13(18)11-16)12-7-5-4-6-8-12/h4-8H,9-11H2,1-3H3. The maximum atomic E-state index is 12.2. The van der Waals surface area contributed by atoms with Gasteiger partial charge in [0.25, 0.3) is 0 Å². The summed E-state index contributed by atoms with van der Waals surface area (Å²) < 4.78 is 5.36. The Morgan fingerprint density at radius 1 is 1.20 bits per heavy atom. The number of nitrogens with zero attached hydrogens (tertiary/aromatic N) is 1. The summed E-state index contributed by atoms with van der Waals surface area (Å²) in [6.45, 7) is 5.67. The molecule has 1 aromatic carbocycles. The molecule has 0 bridgehead atoms. The quantitative estimate of drug-likeness (QED) is 0.780. The molecule has 0 aromatic heterocycles. The van der Waals surface area contributed by atoms with Crippen LogP contribution in [0.15, 0.2) is 30.3 Å². The summed E-state index contributed by atoms with van der Waals surface area (Å²) in [5, 5.41) is 0. The van der Waals surface area contributed by atoms with Crippen molar-refractivity contribution in [2.75, 3.05) is 17.3 Å². The number of ketones is 1. The normalized spacial score (nSPS) is 11.0. The van der Waals surface area contributed by atoms with Crippen LogP contribution in [0.1, 0.15) is 27.2 Å². The molecule has 0 unspecified atom stereocenters. The lowest BCUT2D eigenvalue weighted by Crippen LogP contribution is -2.38. The van der Waals surface area contributed by atoms with E-state index in [-0.39, 0.29) is 24.6 Å². The lowest BCUT2D eigenvalue weighted by atomic mass is 10.2. The molecular formula is C15H20ClNO3. The molecule has 0 heterocycles. The molecule has 0 atom stereocenters. The van der Waals surface area contributed by atoms with Gasteiger partial charge >= 0.3 is 6.09 Å². The third-order valence-electron chi connectivity index (χ3n) is 2.45. The van der Waals surface area contributed by atoms with Gasteiger partial charge in [-0.3, -0.25) is 9.69 Å². The van der Waals surface area contributed by atoms with Crippen molar-refractivity contribution in [3.05, 3.63) is 30.3 Å². The van der Waals surface area contributed by atoms with E-state index < -0.39 is 11.7 Å². The molecule has 20 heavy (non-hydrogen) atoms. The molecule has 5 heteroatoms. The van der Waals surface area contributed by atoms with Crippen LogP contribution >= 0.6 is 11.6 Å². The molecule has 1 rings (SSSR count). The van der Waals surface area contributed by atoms with Gasteiger partial charge in [-0.1, -0.05) is 18.2 Å². The van der Waals surface area contributed by atoms with Crippen molar-refractivity contribution in [1.29, 1.82) is 0 Å². The van der Waals surface area contributed by atoms with Gasteiger partial charge in [-0.15, -0.1) is 11.6 Å². The number of anilines is 1. The zero-order chi connectivity index (χ0) is 15.2. The average Bonchev–Trinajstić information content (AvgIpc) is 2.37. The van der Waals surface area contributed by atoms with Crippen LogP contribution in [0.5, 0.6) is 0 Å². The summed E-state index contributed by atoms with van der Waals surface area (Å²) in [4.78, 5) is 25.0. The zero-order valence-electron chi connectivity index (χ0n) is 12.1. The Balaban J connectivity index is 2.84. The number of carbonyl (C=O) groups excluding carboxylic acids is 2. The summed E-state index contributed by atoms with van der Waals surface area (Å²) in [6.07, 6.45) is -0.261. The lowest BCUT2D eigenvalue weighted by molar-refractivity contribution is -0.116. The third-order valence-corrected chi connectivity index (χ3v) is 2.74.